The number of ether oxygens (including phenoxy) is 1. The van der Waals surface area contributed by atoms with Gasteiger partial charge in [-0.2, -0.15) is 4.98 Å². The normalized spacial score (nSPS) is 22.2. The number of hydrogen-bond donors (Lipinski definition) is 2. The van der Waals surface area contributed by atoms with E-state index in [1.54, 1.807) is 0 Å². The molecule has 2 amide bonds. The summed E-state index contributed by atoms with van der Waals surface area (Å²) in [5, 5.41) is 5.69. The van der Waals surface area contributed by atoms with E-state index in [-0.39, 0.29) is 35.6 Å². The number of aryl methyl sites for hydroxylation is 1. The van der Waals surface area contributed by atoms with Crippen LogP contribution in [0.3, 0.4) is 0 Å². The van der Waals surface area contributed by atoms with Gasteiger partial charge in [-0.05, 0) is 51.0 Å². The number of benzene rings is 1. The van der Waals surface area contributed by atoms with Gasteiger partial charge in [0.2, 0.25) is 11.9 Å². The molecule has 1 aliphatic carbocycles. The highest BCUT2D eigenvalue weighted by molar-refractivity contribution is 14.1. The van der Waals surface area contributed by atoms with Gasteiger partial charge in [0.05, 0.1) is 28.6 Å². The molecule has 1 aliphatic heterocycles. The molecule has 0 radical (unpaired) electrons. The van der Waals surface area contributed by atoms with E-state index in [4.69, 9.17) is 4.74 Å². The van der Waals surface area contributed by atoms with Crippen molar-refractivity contribution in [3.8, 4) is 5.75 Å². The smallest absolute Gasteiger partial charge is 0.410 e. The summed E-state index contributed by atoms with van der Waals surface area (Å²) in [6.45, 7) is 3.67. The zero-order valence-electron chi connectivity index (χ0n) is 17.2. The fourth-order valence-electron chi connectivity index (χ4n) is 3.49. The molecule has 2 aromatic rings. The SMILES string of the molecule is Cc1nc(N(I)C2CC(NC(=O)Oc3ccc(F)cc3)C2)nc2c1NC(=O)[C@H](C)N2C. The Bertz CT molecular complexity index is 1010. The summed E-state index contributed by atoms with van der Waals surface area (Å²) in [7, 11) is 1.84. The van der Waals surface area contributed by atoms with E-state index in [1.165, 1.54) is 24.3 Å². The number of nitrogens with zero attached hydrogens (tertiary/aromatic N) is 4. The quantitative estimate of drug-likeness (QED) is 0.454. The standard InChI is InChI=1S/C20H22FIN6O3/c1-10-16-17(27(3)11(2)18(29)25-16)26-19(23-10)28(22)14-8-13(9-14)24-20(30)31-15-6-4-12(21)5-7-15/h4-7,11,13-14H,8-9H2,1-3H3,(H,24,30)(H,25,29)/t11-,13?,14?/m0/s1. The van der Waals surface area contributed by atoms with Crippen molar-refractivity contribution in [3.05, 3.63) is 35.8 Å². The lowest BCUT2D eigenvalue weighted by Crippen LogP contribution is -2.52. The molecule has 2 aliphatic rings. The number of amides is 2. The molecule has 0 bridgehead atoms. The summed E-state index contributed by atoms with van der Waals surface area (Å²) in [5.41, 5.74) is 1.33. The molecular formula is C20H22FIN6O3. The van der Waals surface area contributed by atoms with Gasteiger partial charge in [-0.15, -0.1) is 0 Å². The van der Waals surface area contributed by atoms with Crippen molar-refractivity contribution in [3.63, 3.8) is 0 Å². The Morgan fingerprint density at radius 1 is 1.32 bits per heavy atom. The Balaban J connectivity index is 1.36. The Labute approximate surface area is 192 Å². The average molecular weight is 540 g/mol. The van der Waals surface area contributed by atoms with Gasteiger partial charge in [0.15, 0.2) is 5.82 Å². The van der Waals surface area contributed by atoms with Crippen LogP contribution in [0, 0.1) is 12.7 Å². The predicted octanol–water partition coefficient (Wildman–Crippen LogP) is 3.18. The summed E-state index contributed by atoms with van der Waals surface area (Å²) in [4.78, 5) is 35.2. The topological polar surface area (TPSA) is 99.7 Å². The minimum absolute atomic E-state index is 0.0316. The second-order valence-electron chi connectivity index (χ2n) is 7.70. The number of carbonyl (C=O) groups is 2. The minimum Gasteiger partial charge on any atom is -0.410 e. The Hall–Kier alpha value is -2.70. The number of rotatable bonds is 4. The van der Waals surface area contributed by atoms with Crippen LogP contribution in [0.15, 0.2) is 24.3 Å². The Kier molecular flexibility index (Phi) is 5.86. The van der Waals surface area contributed by atoms with Gasteiger partial charge in [-0.25, -0.2) is 14.2 Å². The van der Waals surface area contributed by atoms with Gasteiger partial charge in [0.25, 0.3) is 0 Å². The summed E-state index contributed by atoms with van der Waals surface area (Å²) in [6.07, 6.45) is 0.857. The molecule has 2 heterocycles. The number of halogens is 2. The monoisotopic (exact) mass is 540 g/mol. The van der Waals surface area contributed by atoms with Crippen molar-refractivity contribution in [2.45, 2.75) is 44.8 Å². The molecule has 4 rings (SSSR count). The number of carbonyl (C=O) groups excluding carboxylic acids is 2. The van der Waals surface area contributed by atoms with Crippen LogP contribution in [0.1, 0.15) is 25.5 Å². The van der Waals surface area contributed by atoms with Crippen molar-refractivity contribution >= 4 is 52.3 Å². The van der Waals surface area contributed by atoms with Gasteiger partial charge in [-0.3, -0.25) is 7.91 Å². The zero-order chi connectivity index (χ0) is 22.3. The maximum atomic E-state index is 12.9. The number of aromatic nitrogens is 2. The largest absolute Gasteiger partial charge is 0.412 e. The third-order valence-corrected chi connectivity index (χ3v) is 6.79. The van der Waals surface area contributed by atoms with E-state index in [0.717, 1.165) is 0 Å². The van der Waals surface area contributed by atoms with E-state index >= 15 is 0 Å². The first-order valence-corrected chi connectivity index (χ1v) is 10.8. The van der Waals surface area contributed by atoms with Crippen LogP contribution in [-0.2, 0) is 4.79 Å². The molecule has 1 saturated carbocycles. The van der Waals surface area contributed by atoms with E-state index in [2.05, 4.69) is 43.5 Å². The highest BCUT2D eigenvalue weighted by Gasteiger charge is 2.37. The molecule has 1 fully saturated rings. The highest BCUT2D eigenvalue weighted by Crippen LogP contribution is 2.36. The van der Waals surface area contributed by atoms with Crippen LogP contribution in [0.2, 0.25) is 0 Å². The summed E-state index contributed by atoms with van der Waals surface area (Å²) < 4.78 is 20.1. The molecule has 31 heavy (non-hydrogen) atoms. The van der Waals surface area contributed by atoms with Crippen molar-refractivity contribution in [1.29, 1.82) is 0 Å². The van der Waals surface area contributed by atoms with Crippen molar-refractivity contribution in [2.24, 2.45) is 0 Å². The predicted molar refractivity (Wildman–Crippen MR) is 122 cm³/mol. The number of nitrogens with one attached hydrogen (secondary N) is 2. The Morgan fingerprint density at radius 2 is 2.00 bits per heavy atom. The van der Waals surface area contributed by atoms with Crippen LogP contribution >= 0.6 is 22.9 Å². The zero-order valence-corrected chi connectivity index (χ0v) is 19.4. The van der Waals surface area contributed by atoms with Crippen molar-refractivity contribution in [2.75, 3.05) is 20.4 Å². The first kappa shape index (κ1) is 21.5. The van der Waals surface area contributed by atoms with Gasteiger partial charge >= 0.3 is 6.09 Å². The number of likely N-dealkylation sites (N-methyl/N-ethyl adjacent to an activating group) is 1. The molecule has 1 aromatic heterocycles. The van der Waals surface area contributed by atoms with Crippen LogP contribution in [0.25, 0.3) is 0 Å². The van der Waals surface area contributed by atoms with Crippen LogP contribution in [0.5, 0.6) is 5.75 Å². The highest BCUT2D eigenvalue weighted by atomic mass is 127. The second-order valence-corrected chi connectivity index (χ2v) is 8.74. The van der Waals surface area contributed by atoms with Gasteiger partial charge in [-0.1, -0.05) is 0 Å². The molecule has 1 atom stereocenters. The van der Waals surface area contributed by atoms with E-state index in [9.17, 15) is 14.0 Å². The lowest BCUT2D eigenvalue weighted by atomic mass is 9.87. The first-order chi connectivity index (χ1) is 14.7. The van der Waals surface area contributed by atoms with Crippen LogP contribution in [-0.4, -0.2) is 47.1 Å². The average Bonchev–Trinajstić information content (AvgIpc) is 2.70. The lowest BCUT2D eigenvalue weighted by Gasteiger charge is -2.40. The maximum Gasteiger partial charge on any atom is 0.412 e. The van der Waals surface area contributed by atoms with Gasteiger partial charge in [0.1, 0.15) is 23.3 Å². The summed E-state index contributed by atoms with van der Waals surface area (Å²) >= 11 is 2.18. The minimum atomic E-state index is -0.567. The van der Waals surface area contributed by atoms with Gasteiger partial charge in [0, 0.05) is 19.1 Å². The molecule has 0 saturated heterocycles. The number of anilines is 3. The fraction of sp³-hybridized carbons (Fsp3) is 0.400. The number of hydrogen-bond acceptors (Lipinski definition) is 7. The fourth-order valence-corrected chi connectivity index (χ4v) is 4.16. The van der Waals surface area contributed by atoms with E-state index < -0.39 is 6.09 Å². The van der Waals surface area contributed by atoms with Crippen molar-refractivity contribution in [1.82, 2.24) is 15.3 Å². The van der Waals surface area contributed by atoms with Crippen molar-refractivity contribution < 1.29 is 18.7 Å². The molecule has 11 heteroatoms. The Morgan fingerprint density at radius 3 is 2.68 bits per heavy atom. The molecule has 0 unspecified atom stereocenters. The maximum absolute atomic E-state index is 12.9. The molecule has 9 nitrogen and oxygen atoms in total. The van der Waals surface area contributed by atoms with Gasteiger partial charge < -0.3 is 20.3 Å². The number of fused-ring (bicyclic) bond motifs is 1. The first-order valence-electron chi connectivity index (χ1n) is 9.84. The third kappa shape index (κ3) is 4.36. The molecule has 164 valence electrons. The lowest BCUT2D eigenvalue weighted by molar-refractivity contribution is -0.117. The third-order valence-electron chi connectivity index (χ3n) is 5.57. The molecule has 2 N–H and O–H groups in total. The van der Waals surface area contributed by atoms with E-state index in [0.29, 0.717) is 36.0 Å². The van der Waals surface area contributed by atoms with Crippen LogP contribution in [0.4, 0.5) is 26.6 Å². The summed E-state index contributed by atoms with van der Waals surface area (Å²) in [6, 6.07) is 5.08. The van der Waals surface area contributed by atoms with E-state index in [1.807, 2.05) is 28.9 Å². The second kappa shape index (κ2) is 8.44. The summed E-state index contributed by atoms with van der Waals surface area (Å²) in [5.74, 6) is 1.06. The molecule has 1 aromatic carbocycles. The molecular weight excluding hydrogens is 518 g/mol. The van der Waals surface area contributed by atoms with Crippen LogP contribution < -0.4 is 23.4 Å². The molecule has 0 spiro atoms.